The molecule has 19 heavy (non-hydrogen) atoms. The van der Waals surface area contributed by atoms with E-state index in [1.165, 1.54) is 0 Å². The molecular weight excluding hydrogens is 258 g/mol. The minimum atomic E-state index is 0.0242. The summed E-state index contributed by atoms with van der Waals surface area (Å²) in [6, 6.07) is 15.3. The average Bonchev–Trinajstić information content (AvgIpc) is 2.67. The second-order valence-electron chi connectivity index (χ2n) is 4.49. The van der Waals surface area contributed by atoms with Crippen LogP contribution < -0.4 is 4.90 Å². The second kappa shape index (κ2) is 4.56. The molecule has 1 amide bonds. The third-order valence-electron chi connectivity index (χ3n) is 3.27. The predicted octanol–water partition coefficient (Wildman–Crippen LogP) is 3.86. The smallest absolute Gasteiger partial charge is 0.258 e. The molecule has 0 unspecified atom stereocenters. The quantitative estimate of drug-likeness (QED) is 0.720. The monoisotopic (exact) mass is 269 g/mol. The third-order valence-corrected chi connectivity index (χ3v) is 3.52. The van der Waals surface area contributed by atoms with Crippen LogP contribution in [0.2, 0.25) is 5.02 Å². The van der Waals surface area contributed by atoms with Crippen molar-refractivity contribution in [2.75, 3.05) is 11.9 Å². The molecule has 0 bridgehead atoms. The highest BCUT2D eigenvalue weighted by atomic mass is 35.5. The van der Waals surface area contributed by atoms with Crippen LogP contribution in [-0.2, 0) is 4.79 Å². The van der Waals surface area contributed by atoms with Gasteiger partial charge < -0.3 is 4.90 Å². The summed E-state index contributed by atoms with van der Waals surface area (Å²) in [7, 11) is 1.80. The number of benzene rings is 2. The molecule has 0 saturated carbocycles. The normalized spacial score (nSPS) is 16.0. The number of nitrogens with zero attached hydrogens (tertiary/aromatic N) is 1. The molecule has 1 heterocycles. The van der Waals surface area contributed by atoms with E-state index in [9.17, 15) is 4.79 Å². The summed E-state index contributed by atoms with van der Waals surface area (Å²) in [6.45, 7) is 0. The Balaban J connectivity index is 2.10. The summed E-state index contributed by atoms with van der Waals surface area (Å²) in [5.41, 5.74) is 3.62. The Kier molecular flexibility index (Phi) is 2.88. The largest absolute Gasteiger partial charge is 0.311 e. The van der Waals surface area contributed by atoms with Gasteiger partial charge in [0.15, 0.2) is 0 Å². The minimum absolute atomic E-state index is 0.0242. The van der Waals surface area contributed by atoms with Crippen molar-refractivity contribution in [3.8, 4) is 0 Å². The number of para-hydroxylation sites is 1. The van der Waals surface area contributed by atoms with Crippen molar-refractivity contribution in [2.45, 2.75) is 0 Å². The topological polar surface area (TPSA) is 20.3 Å². The van der Waals surface area contributed by atoms with E-state index in [2.05, 4.69) is 0 Å². The first-order chi connectivity index (χ1) is 9.16. The zero-order valence-electron chi connectivity index (χ0n) is 10.4. The van der Waals surface area contributed by atoms with E-state index in [0.29, 0.717) is 5.02 Å². The van der Waals surface area contributed by atoms with E-state index in [4.69, 9.17) is 11.6 Å². The van der Waals surface area contributed by atoms with Crippen molar-refractivity contribution < 1.29 is 4.79 Å². The molecule has 3 heteroatoms. The Labute approximate surface area is 116 Å². The van der Waals surface area contributed by atoms with E-state index in [1.807, 2.05) is 54.6 Å². The van der Waals surface area contributed by atoms with Gasteiger partial charge >= 0.3 is 0 Å². The first-order valence-electron chi connectivity index (χ1n) is 6.01. The Morgan fingerprint density at radius 3 is 2.47 bits per heavy atom. The first-order valence-corrected chi connectivity index (χ1v) is 6.39. The molecule has 0 saturated heterocycles. The van der Waals surface area contributed by atoms with Crippen LogP contribution in [0.15, 0.2) is 48.5 Å². The predicted molar refractivity (Wildman–Crippen MR) is 79.2 cm³/mol. The molecule has 1 aliphatic heterocycles. The molecule has 94 valence electrons. The SMILES string of the molecule is CN1C(=O)/C(=C\c2ccc(Cl)cc2)c2ccccc21. The maximum Gasteiger partial charge on any atom is 0.258 e. The van der Waals surface area contributed by atoms with E-state index in [0.717, 1.165) is 22.4 Å². The molecule has 0 N–H and O–H groups in total. The number of fused-ring (bicyclic) bond motifs is 1. The van der Waals surface area contributed by atoms with Crippen LogP contribution in [0.3, 0.4) is 0 Å². The number of amides is 1. The number of anilines is 1. The fraction of sp³-hybridized carbons (Fsp3) is 0.0625. The van der Waals surface area contributed by atoms with Crippen LogP contribution in [0.25, 0.3) is 11.6 Å². The van der Waals surface area contributed by atoms with Crippen LogP contribution >= 0.6 is 11.6 Å². The van der Waals surface area contributed by atoms with Crippen LogP contribution in [0.1, 0.15) is 11.1 Å². The molecule has 0 aromatic heterocycles. The average molecular weight is 270 g/mol. The zero-order valence-corrected chi connectivity index (χ0v) is 11.2. The number of hydrogen-bond donors (Lipinski definition) is 0. The number of carbonyl (C=O) groups is 1. The van der Waals surface area contributed by atoms with Gasteiger partial charge in [0.05, 0.1) is 5.69 Å². The van der Waals surface area contributed by atoms with Gasteiger partial charge in [-0.1, -0.05) is 41.9 Å². The number of hydrogen-bond acceptors (Lipinski definition) is 1. The van der Waals surface area contributed by atoms with Crippen molar-refractivity contribution in [1.29, 1.82) is 0 Å². The summed E-state index contributed by atoms with van der Waals surface area (Å²) in [5.74, 6) is 0.0242. The summed E-state index contributed by atoms with van der Waals surface area (Å²) >= 11 is 5.87. The molecule has 2 aromatic carbocycles. The molecular formula is C16H12ClNO. The summed E-state index contributed by atoms with van der Waals surface area (Å²) in [5, 5.41) is 0.692. The molecule has 0 radical (unpaired) electrons. The fourth-order valence-corrected chi connectivity index (χ4v) is 2.39. The van der Waals surface area contributed by atoms with Gasteiger partial charge in [0.2, 0.25) is 0 Å². The number of carbonyl (C=O) groups excluding carboxylic acids is 1. The van der Waals surface area contributed by atoms with Gasteiger partial charge in [0.1, 0.15) is 0 Å². The Hall–Kier alpha value is -2.06. The highest BCUT2D eigenvalue weighted by Crippen LogP contribution is 2.36. The lowest BCUT2D eigenvalue weighted by molar-refractivity contribution is -0.112. The Morgan fingerprint density at radius 1 is 1.05 bits per heavy atom. The van der Waals surface area contributed by atoms with Crippen molar-refractivity contribution in [1.82, 2.24) is 0 Å². The van der Waals surface area contributed by atoms with Crippen molar-refractivity contribution in [3.63, 3.8) is 0 Å². The lowest BCUT2D eigenvalue weighted by atomic mass is 10.0. The van der Waals surface area contributed by atoms with Crippen LogP contribution in [-0.4, -0.2) is 13.0 Å². The molecule has 0 fully saturated rings. The lowest BCUT2D eigenvalue weighted by Gasteiger charge is -2.07. The standard InChI is InChI=1S/C16H12ClNO/c1-18-15-5-3-2-4-13(15)14(16(18)19)10-11-6-8-12(17)9-7-11/h2-10H,1H3/b14-10-. The van der Waals surface area contributed by atoms with E-state index in [1.54, 1.807) is 11.9 Å². The van der Waals surface area contributed by atoms with Gasteiger partial charge in [-0.25, -0.2) is 0 Å². The molecule has 2 aromatic rings. The van der Waals surface area contributed by atoms with Crippen molar-refractivity contribution in [2.24, 2.45) is 0 Å². The number of likely N-dealkylation sites (N-methyl/N-ethyl adjacent to an activating group) is 1. The Bertz CT molecular complexity index is 673. The van der Waals surface area contributed by atoms with Gasteiger partial charge in [-0.3, -0.25) is 4.79 Å². The van der Waals surface area contributed by atoms with E-state index >= 15 is 0 Å². The zero-order chi connectivity index (χ0) is 13.4. The van der Waals surface area contributed by atoms with Crippen molar-refractivity contribution >= 4 is 34.8 Å². The van der Waals surface area contributed by atoms with Gasteiger partial charge in [-0.05, 0) is 29.8 Å². The van der Waals surface area contributed by atoms with Gasteiger partial charge in [-0.2, -0.15) is 0 Å². The van der Waals surface area contributed by atoms with Gasteiger partial charge in [0, 0.05) is 23.2 Å². The second-order valence-corrected chi connectivity index (χ2v) is 4.93. The first kappa shape index (κ1) is 12.0. The number of rotatable bonds is 1. The molecule has 2 nitrogen and oxygen atoms in total. The van der Waals surface area contributed by atoms with E-state index < -0.39 is 0 Å². The highest BCUT2D eigenvalue weighted by molar-refractivity contribution is 6.35. The number of halogens is 1. The molecule has 1 aliphatic rings. The fourth-order valence-electron chi connectivity index (χ4n) is 2.26. The van der Waals surface area contributed by atoms with Crippen LogP contribution in [0.4, 0.5) is 5.69 Å². The molecule has 0 aliphatic carbocycles. The van der Waals surface area contributed by atoms with Gasteiger partial charge in [0.25, 0.3) is 5.91 Å². The van der Waals surface area contributed by atoms with Gasteiger partial charge in [-0.15, -0.1) is 0 Å². The van der Waals surface area contributed by atoms with Crippen LogP contribution in [0, 0.1) is 0 Å². The third kappa shape index (κ3) is 2.04. The summed E-state index contributed by atoms with van der Waals surface area (Å²) in [4.78, 5) is 13.9. The molecule has 3 rings (SSSR count). The summed E-state index contributed by atoms with van der Waals surface area (Å²) < 4.78 is 0. The maximum atomic E-state index is 12.3. The summed E-state index contributed by atoms with van der Waals surface area (Å²) in [6.07, 6.45) is 1.90. The van der Waals surface area contributed by atoms with Crippen molar-refractivity contribution in [3.05, 3.63) is 64.7 Å². The lowest BCUT2D eigenvalue weighted by Crippen LogP contribution is -2.20. The molecule has 0 spiro atoms. The minimum Gasteiger partial charge on any atom is -0.311 e. The highest BCUT2D eigenvalue weighted by Gasteiger charge is 2.28. The maximum absolute atomic E-state index is 12.3. The molecule has 0 atom stereocenters. The van der Waals surface area contributed by atoms with E-state index in [-0.39, 0.29) is 5.91 Å². The Morgan fingerprint density at radius 2 is 1.74 bits per heavy atom. The van der Waals surface area contributed by atoms with Crippen LogP contribution in [0.5, 0.6) is 0 Å².